The minimum Gasteiger partial charge on any atom is -0.468 e. The number of carbonyl (C=O) groups excluding carboxylic acids is 1. The third kappa shape index (κ3) is 3.12. The summed E-state index contributed by atoms with van der Waals surface area (Å²) in [4.78, 5) is 13.2. The maximum Gasteiger partial charge on any atom is 0.323 e. The monoisotopic (exact) mass is 279 g/mol. The largest absolute Gasteiger partial charge is 0.468 e. The summed E-state index contributed by atoms with van der Waals surface area (Å²) >= 11 is 1.84. The summed E-state index contributed by atoms with van der Waals surface area (Å²) in [5, 5.41) is 3.48. The van der Waals surface area contributed by atoms with Crippen molar-refractivity contribution in [1.82, 2.24) is 5.32 Å². The van der Waals surface area contributed by atoms with E-state index >= 15 is 0 Å². The zero-order valence-electron chi connectivity index (χ0n) is 11.7. The van der Waals surface area contributed by atoms with Crippen LogP contribution >= 0.6 is 11.8 Å². The van der Waals surface area contributed by atoms with E-state index in [9.17, 15) is 4.79 Å². The first-order valence-corrected chi connectivity index (χ1v) is 7.71. The van der Waals surface area contributed by atoms with Crippen molar-refractivity contribution in [2.24, 2.45) is 5.92 Å². The van der Waals surface area contributed by atoms with Gasteiger partial charge in [0.25, 0.3) is 0 Å². The van der Waals surface area contributed by atoms with Crippen molar-refractivity contribution in [1.29, 1.82) is 0 Å². The molecule has 3 unspecified atom stereocenters. The van der Waals surface area contributed by atoms with E-state index in [1.54, 1.807) is 0 Å². The minimum atomic E-state index is -0.230. The van der Waals surface area contributed by atoms with Crippen molar-refractivity contribution < 1.29 is 9.53 Å². The molecule has 0 saturated heterocycles. The standard InChI is InChI=1S/C15H21NO2S/c1-4-10(2)14(15(17)18-3)16-12-9-19-13-8-6-5-7-11(12)13/h5-8,10,12,14,16H,4,9H2,1-3H3. The summed E-state index contributed by atoms with van der Waals surface area (Å²) in [5.41, 5.74) is 1.30. The van der Waals surface area contributed by atoms with Crippen LogP contribution in [0, 0.1) is 5.92 Å². The number of ether oxygens (including phenoxy) is 1. The highest BCUT2D eigenvalue weighted by molar-refractivity contribution is 7.99. The average Bonchev–Trinajstić information content (AvgIpc) is 2.86. The third-order valence-electron chi connectivity index (χ3n) is 3.75. The lowest BCUT2D eigenvalue weighted by Gasteiger charge is -2.25. The smallest absolute Gasteiger partial charge is 0.323 e. The van der Waals surface area contributed by atoms with Crippen molar-refractivity contribution in [3.8, 4) is 0 Å². The molecule has 104 valence electrons. The first-order chi connectivity index (χ1) is 9.17. The van der Waals surface area contributed by atoms with E-state index in [0.29, 0.717) is 0 Å². The van der Waals surface area contributed by atoms with Gasteiger partial charge in [-0.25, -0.2) is 0 Å². The van der Waals surface area contributed by atoms with E-state index in [1.807, 2.05) is 11.8 Å². The highest BCUT2D eigenvalue weighted by Gasteiger charge is 2.31. The zero-order valence-corrected chi connectivity index (χ0v) is 12.5. The van der Waals surface area contributed by atoms with E-state index < -0.39 is 0 Å². The lowest BCUT2D eigenvalue weighted by atomic mass is 9.97. The van der Waals surface area contributed by atoms with Crippen LogP contribution in [-0.2, 0) is 9.53 Å². The van der Waals surface area contributed by atoms with Crippen LogP contribution in [0.1, 0.15) is 31.9 Å². The molecule has 1 heterocycles. The fourth-order valence-electron chi connectivity index (χ4n) is 2.34. The van der Waals surface area contributed by atoms with Gasteiger partial charge in [-0.15, -0.1) is 11.8 Å². The van der Waals surface area contributed by atoms with Crippen molar-refractivity contribution in [2.45, 2.75) is 37.2 Å². The Kier molecular flexibility index (Phi) is 4.88. The number of hydrogen-bond acceptors (Lipinski definition) is 4. The third-order valence-corrected chi connectivity index (χ3v) is 4.93. The van der Waals surface area contributed by atoms with Crippen LogP contribution in [0.25, 0.3) is 0 Å². The second-order valence-corrected chi connectivity index (χ2v) is 6.02. The lowest BCUT2D eigenvalue weighted by Crippen LogP contribution is -2.44. The van der Waals surface area contributed by atoms with Gasteiger partial charge in [-0.3, -0.25) is 10.1 Å². The molecule has 3 nitrogen and oxygen atoms in total. The normalized spacial score (nSPS) is 20.7. The van der Waals surface area contributed by atoms with E-state index in [2.05, 4.69) is 43.4 Å². The number of thioether (sulfide) groups is 1. The Hall–Kier alpha value is -1.00. The molecule has 0 amide bonds. The molecule has 3 atom stereocenters. The zero-order chi connectivity index (χ0) is 13.8. The Morgan fingerprint density at radius 2 is 2.26 bits per heavy atom. The predicted molar refractivity (Wildman–Crippen MR) is 78.3 cm³/mol. The first-order valence-electron chi connectivity index (χ1n) is 6.73. The second kappa shape index (κ2) is 6.44. The Morgan fingerprint density at radius 1 is 1.53 bits per heavy atom. The molecule has 1 aromatic rings. The Bertz CT molecular complexity index is 450. The van der Waals surface area contributed by atoms with Crippen LogP contribution in [0.4, 0.5) is 0 Å². The first kappa shape index (κ1) is 14.4. The summed E-state index contributed by atoms with van der Waals surface area (Å²) in [7, 11) is 1.46. The predicted octanol–water partition coefficient (Wildman–Crippen LogP) is 3.01. The van der Waals surface area contributed by atoms with Gasteiger partial charge >= 0.3 is 5.97 Å². The lowest BCUT2D eigenvalue weighted by molar-refractivity contribution is -0.144. The van der Waals surface area contributed by atoms with Crippen molar-refractivity contribution in [2.75, 3.05) is 12.9 Å². The number of carbonyl (C=O) groups is 1. The minimum absolute atomic E-state index is 0.163. The van der Waals surface area contributed by atoms with Gasteiger partial charge in [0.1, 0.15) is 6.04 Å². The highest BCUT2D eigenvalue weighted by atomic mass is 32.2. The van der Waals surface area contributed by atoms with Crippen LogP contribution in [-0.4, -0.2) is 24.9 Å². The average molecular weight is 279 g/mol. The molecule has 1 N–H and O–H groups in total. The van der Waals surface area contributed by atoms with Crippen LogP contribution < -0.4 is 5.32 Å². The molecule has 1 aliphatic heterocycles. The molecular formula is C15H21NO2S. The molecule has 0 spiro atoms. The van der Waals surface area contributed by atoms with Gasteiger partial charge < -0.3 is 4.74 Å². The fourth-order valence-corrected chi connectivity index (χ4v) is 3.52. The van der Waals surface area contributed by atoms with Gasteiger partial charge in [0.05, 0.1) is 7.11 Å². The van der Waals surface area contributed by atoms with Crippen molar-refractivity contribution in [3.05, 3.63) is 29.8 Å². The second-order valence-electron chi connectivity index (χ2n) is 4.95. The number of methoxy groups -OCH3 is 1. The number of benzene rings is 1. The summed E-state index contributed by atoms with van der Waals surface area (Å²) in [6.07, 6.45) is 0.953. The number of hydrogen-bond donors (Lipinski definition) is 1. The molecule has 0 radical (unpaired) electrons. The fraction of sp³-hybridized carbons (Fsp3) is 0.533. The molecule has 19 heavy (non-hydrogen) atoms. The van der Waals surface area contributed by atoms with E-state index in [4.69, 9.17) is 4.74 Å². The summed E-state index contributed by atoms with van der Waals surface area (Å²) in [6.45, 7) is 4.18. The maximum absolute atomic E-state index is 11.9. The van der Waals surface area contributed by atoms with E-state index in [-0.39, 0.29) is 24.0 Å². The molecule has 1 aromatic carbocycles. The van der Waals surface area contributed by atoms with E-state index in [1.165, 1.54) is 17.6 Å². The Balaban J connectivity index is 2.13. The van der Waals surface area contributed by atoms with Gasteiger partial charge in [-0.2, -0.15) is 0 Å². The van der Waals surface area contributed by atoms with Gasteiger partial charge in [0.15, 0.2) is 0 Å². The van der Waals surface area contributed by atoms with Gasteiger partial charge in [-0.05, 0) is 17.5 Å². The van der Waals surface area contributed by atoms with Gasteiger partial charge in [0, 0.05) is 16.7 Å². The Labute approximate surface area is 119 Å². The summed E-state index contributed by atoms with van der Waals surface area (Å²) in [6, 6.07) is 8.39. The number of fused-ring (bicyclic) bond motifs is 1. The number of rotatable bonds is 5. The van der Waals surface area contributed by atoms with Crippen molar-refractivity contribution >= 4 is 17.7 Å². The molecule has 0 saturated carbocycles. The maximum atomic E-state index is 11.9. The molecule has 0 fully saturated rings. The van der Waals surface area contributed by atoms with Crippen LogP contribution in [0.2, 0.25) is 0 Å². The van der Waals surface area contributed by atoms with Gasteiger partial charge in [-0.1, -0.05) is 38.5 Å². The molecule has 1 aliphatic rings. The molecular weight excluding hydrogens is 258 g/mol. The molecule has 0 aliphatic carbocycles. The number of esters is 1. The van der Waals surface area contributed by atoms with Crippen LogP contribution in [0.5, 0.6) is 0 Å². The Morgan fingerprint density at radius 3 is 2.95 bits per heavy atom. The van der Waals surface area contributed by atoms with Gasteiger partial charge in [0.2, 0.25) is 0 Å². The summed E-state index contributed by atoms with van der Waals surface area (Å²) < 4.78 is 4.93. The van der Waals surface area contributed by atoms with Crippen LogP contribution in [0.3, 0.4) is 0 Å². The highest BCUT2D eigenvalue weighted by Crippen LogP contribution is 2.38. The quantitative estimate of drug-likeness (QED) is 0.841. The summed E-state index contributed by atoms with van der Waals surface area (Å²) in [5.74, 6) is 1.08. The SMILES string of the molecule is CCC(C)C(NC1CSc2ccccc21)C(=O)OC. The topological polar surface area (TPSA) is 38.3 Å². The van der Waals surface area contributed by atoms with Crippen LogP contribution in [0.15, 0.2) is 29.2 Å². The molecule has 4 heteroatoms. The van der Waals surface area contributed by atoms with Crippen molar-refractivity contribution in [3.63, 3.8) is 0 Å². The van der Waals surface area contributed by atoms with E-state index in [0.717, 1.165) is 12.2 Å². The number of nitrogens with one attached hydrogen (secondary N) is 1. The molecule has 2 rings (SSSR count). The molecule has 0 aromatic heterocycles. The molecule has 0 bridgehead atoms.